The van der Waals surface area contributed by atoms with Crippen LogP contribution in [0, 0.1) is 11.8 Å². The van der Waals surface area contributed by atoms with Crippen LogP contribution in [0.3, 0.4) is 0 Å². The van der Waals surface area contributed by atoms with Crippen molar-refractivity contribution in [1.82, 2.24) is 0 Å². The molecular weight excluding hydrogens is 384 g/mol. The first-order chi connectivity index (χ1) is 14.5. The second kappa shape index (κ2) is 9.52. The third-order valence-electron chi connectivity index (χ3n) is 5.34. The van der Waals surface area contributed by atoms with E-state index in [9.17, 15) is 14.5 Å². The number of anilines is 1. The van der Waals surface area contributed by atoms with Crippen LogP contribution in [-0.2, 0) is 9.47 Å². The van der Waals surface area contributed by atoms with E-state index in [2.05, 4.69) is 10.1 Å². The van der Waals surface area contributed by atoms with Crippen LogP contribution in [0.25, 0.3) is 11.1 Å². The fourth-order valence-electron chi connectivity index (χ4n) is 3.99. The number of nitroso groups, excluding NO2 is 1. The number of esters is 2. The minimum Gasteiger partial charge on any atom is -0.465 e. The maximum atomic E-state index is 13.0. The van der Waals surface area contributed by atoms with Crippen molar-refractivity contribution in [2.45, 2.75) is 33.1 Å². The lowest BCUT2D eigenvalue weighted by Gasteiger charge is -2.32. The van der Waals surface area contributed by atoms with Gasteiger partial charge in [0, 0.05) is 24.2 Å². The molecule has 1 aliphatic rings. The summed E-state index contributed by atoms with van der Waals surface area (Å²) in [4.78, 5) is 39.6. The molecule has 0 unspecified atom stereocenters. The van der Waals surface area contributed by atoms with Crippen LogP contribution >= 0.6 is 0 Å². The molecule has 0 aromatic heterocycles. The van der Waals surface area contributed by atoms with Gasteiger partial charge in [0.05, 0.1) is 30.5 Å². The number of rotatable bonds is 6. The van der Waals surface area contributed by atoms with Crippen molar-refractivity contribution in [3.8, 4) is 11.1 Å². The molecule has 0 bridgehead atoms. The number of carbonyl (C=O) groups is 2. The summed E-state index contributed by atoms with van der Waals surface area (Å²) >= 11 is 0. The van der Waals surface area contributed by atoms with E-state index >= 15 is 0 Å². The summed E-state index contributed by atoms with van der Waals surface area (Å²) in [6.45, 7) is 5.31. The molecule has 1 saturated heterocycles. The molecule has 0 N–H and O–H groups in total. The van der Waals surface area contributed by atoms with Crippen LogP contribution in [0.1, 0.15) is 52.5 Å². The lowest BCUT2D eigenvalue weighted by Crippen LogP contribution is -2.31. The van der Waals surface area contributed by atoms with Crippen LogP contribution in [-0.4, -0.2) is 38.7 Å². The fourth-order valence-corrected chi connectivity index (χ4v) is 3.99. The minimum absolute atomic E-state index is 0.142. The predicted molar refractivity (Wildman–Crippen MR) is 115 cm³/mol. The van der Waals surface area contributed by atoms with Gasteiger partial charge in [0.2, 0.25) is 0 Å². The Morgan fingerprint density at radius 2 is 1.77 bits per heavy atom. The number of aryl methyl sites for hydroxylation is 1. The van der Waals surface area contributed by atoms with Crippen LogP contribution < -0.4 is 4.90 Å². The van der Waals surface area contributed by atoms with Gasteiger partial charge in [-0.15, -0.1) is 4.91 Å². The van der Waals surface area contributed by atoms with Crippen molar-refractivity contribution in [3.63, 3.8) is 0 Å². The molecule has 0 spiro atoms. The van der Waals surface area contributed by atoms with Gasteiger partial charge in [0.1, 0.15) is 5.69 Å². The molecule has 0 amide bonds. The summed E-state index contributed by atoms with van der Waals surface area (Å²) in [6.07, 6.45) is 3.16. The SMILES string of the molecule is CCOC(=O)c1c(C)cc(N2CCCCC2)c(C(=O)OC)c1-c1ccccc1N=O. The summed E-state index contributed by atoms with van der Waals surface area (Å²) in [5.41, 5.74) is 2.73. The molecule has 3 rings (SSSR count). The molecule has 0 aliphatic carbocycles. The Balaban J connectivity index is 2.41. The summed E-state index contributed by atoms with van der Waals surface area (Å²) < 4.78 is 10.4. The second-order valence-corrected chi connectivity index (χ2v) is 7.21. The molecule has 158 valence electrons. The average molecular weight is 410 g/mol. The molecule has 2 aromatic carbocycles. The highest BCUT2D eigenvalue weighted by Gasteiger charge is 2.31. The Labute approximate surface area is 176 Å². The van der Waals surface area contributed by atoms with Gasteiger partial charge in [-0.05, 0) is 56.0 Å². The number of benzene rings is 2. The number of carbonyl (C=O) groups excluding carboxylic acids is 2. The fraction of sp³-hybridized carbons (Fsp3) is 0.391. The Morgan fingerprint density at radius 1 is 1.07 bits per heavy atom. The summed E-state index contributed by atoms with van der Waals surface area (Å²) in [6, 6.07) is 8.50. The Kier molecular flexibility index (Phi) is 6.82. The van der Waals surface area contributed by atoms with E-state index in [1.165, 1.54) is 7.11 Å². The van der Waals surface area contributed by atoms with Gasteiger partial charge >= 0.3 is 11.9 Å². The largest absolute Gasteiger partial charge is 0.465 e. The Bertz CT molecular complexity index is 964. The highest BCUT2D eigenvalue weighted by Crippen LogP contribution is 2.42. The summed E-state index contributed by atoms with van der Waals surface area (Å²) in [7, 11) is 1.31. The minimum atomic E-state index is -0.572. The average Bonchev–Trinajstić information content (AvgIpc) is 2.78. The maximum Gasteiger partial charge on any atom is 0.340 e. The molecule has 2 aromatic rings. The number of hydrogen-bond acceptors (Lipinski definition) is 7. The monoisotopic (exact) mass is 410 g/mol. The van der Waals surface area contributed by atoms with Gasteiger partial charge in [-0.2, -0.15) is 0 Å². The van der Waals surface area contributed by atoms with Crippen molar-refractivity contribution >= 4 is 23.3 Å². The molecule has 1 aliphatic heterocycles. The zero-order valence-electron chi connectivity index (χ0n) is 17.6. The van der Waals surface area contributed by atoms with E-state index in [-0.39, 0.29) is 23.4 Å². The third-order valence-corrected chi connectivity index (χ3v) is 5.34. The Morgan fingerprint density at radius 3 is 2.40 bits per heavy atom. The van der Waals surface area contributed by atoms with E-state index in [0.29, 0.717) is 22.4 Å². The smallest absolute Gasteiger partial charge is 0.340 e. The number of nitrogens with zero attached hydrogens (tertiary/aromatic N) is 2. The summed E-state index contributed by atoms with van der Waals surface area (Å²) in [5, 5.41) is 3.12. The zero-order valence-corrected chi connectivity index (χ0v) is 17.6. The van der Waals surface area contributed by atoms with Crippen LogP contribution in [0.2, 0.25) is 0 Å². The standard InChI is InChI=1S/C23H26N2O5/c1-4-30-23(27)19-15(2)14-18(25-12-8-5-9-13-25)21(22(26)29-3)20(19)16-10-6-7-11-17(16)24-28/h6-7,10-11,14H,4-5,8-9,12-13H2,1-3H3. The molecule has 1 heterocycles. The van der Waals surface area contributed by atoms with Crippen molar-refractivity contribution in [1.29, 1.82) is 0 Å². The number of hydrogen-bond donors (Lipinski definition) is 0. The molecular formula is C23H26N2O5. The Hall–Kier alpha value is -3.22. The van der Waals surface area contributed by atoms with Crippen molar-refractivity contribution in [2.24, 2.45) is 5.18 Å². The topological polar surface area (TPSA) is 85.3 Å². The molecule has 30 heavy (non-hydrogen) atoms. The highest BCUT2D eigenvalue weighted by molar-refractivity contribution is 6.11. The number of methoxy groups -OCH3 is 1. The molecule has 0 atom stereocenters. The first-order valence-corrected chi connectivity index (χ1v) is 10.1. The van der Waals surface area contributed by atoms with E-state index < -0.39 is 11.9 Å². The third kappa shape index (κ3) is 4.06. The van der Waals surface area contributed by atoms with Crippen LogP contribution in [0.4, 0.5) is 11.4 Å². The normalized spacial score (nSPS) is 13.6. The van der Waals surface area contributed by atoms with Crippen molar-refractivity contribution in [3.05, 3.63) is 51.9 Å². The van der Waals surface area contributed by atoms with E-state index in [4.69, 9.17) is 9.47 Å². The van der Waals surface area contributed by atoms with E-state index in [0.717, 1.165) is 32.4 Å². The lowest BCUT2D eigenvalue weighted by molar-refractivity contribution is 0.0526. The van der Waals surface area contributed by atoms with E-state index in [1.54, 1.807) is 38.1 Å². The van der Waals surface area contributed by atoms with Gasteiger partial charge in [0.25, 0.3) is 0 Å². The van der Waals surface area contributed by atoms with Gasteiger partial charge < -0.3 is 14.4 Å². The van der Waals surface area contributed by atoms with Gasteiger partial charge in [-0.25, -0.2) is 9.59 Å². The summed E-state index contributed by atoms with van der Waals surface area (Å²) in [5.74, 6) is -1.13. The van der Waals surface area contributed by atoms with E-state index in [1.807, 2.05) is 6.07 Å². The van der Waals surface area contributed by atoms with Crippen molar-refractivity contribution in [2.75, 3.05) is 31.7 Å². The van der Waals surface area contributed by atoms with Gasteiger partial charge in [-0.1, -0.05) is 18.2 Å². The molecule has 1 fully saturated rings. The molecule has 7 nitrogen and oxygen atoms in total. The van der Waals surface area contributed by atoms with Crippen LogP contribution in [0.5, 0.6) is 0 Å². The maximum absolute atomic E-state index is 13.0. The van der Waals surface area contributed by atoms with Crippen molar-refractivity contribution < 1.29 is 19.1 Å². The molecule has 0 radical (unpaired) electrons. The predicted octanol–water partition coefficient (Wildman–Crippen LogP) is 5.01. The van der Waals surface area contributed by atoms with Gasteiger partial charge in [-0.3, -0.25) is 0 Å². The molecule has 7 heteroatoms. The quantitative estimate of drug-likeness (QED) is 0.491. The number of ether oxygens (including phenoxy) is 2. The number of piperidine rings is 1. The first-order valence-electron chi connectivity index (χ1n) is 10.1. The second-order valence-electron chi connectivity index (χ2n) is 7.21. The van der Waals surface area contributed by atoms with Gasteiger partial charge in [0.15, 0.2) is 0 Å². The first kappa shape index (κ1) is 21.5. The highest BCUT2D eigenvalue weighted by atomic mass is 16.5. The zero-order chi connectivity index (χ0) is 21.7. The van der Waals surface area contributed by atoms with Crippen LogP contribution in [0.15, 0.2) is 35.5 Å². The lowest BCUT2D eigenvalue weighted by atomic mass is 9.88. The molecule has 0 saturated carbocycles.